The van der Waals surface area contributed by atoms with Crippen molar-refractivity contribution < 1.29 is 23.8 Å². The molecule has 1 saturated heterocycles. The van der Waals surface area contributed by atoms with Crippen LogP contribution in [-0.4, -0.2) is 66.0 Å². The fourth-order valence-electron chi connectivity index (χ4n) is 1.78. The van der Waals surface area contributed by atoms with Gasteiger partial charge in [0.15, 0.2) is 6.29 Å². The molecule has 0 spiro atoms. The van der Waals surface area contributed by atoms with E-state index >= 15 is 0 Å². The predicted octanol–water partition coefficient (Wildman–Crippen LogP) is 3.14. The van der Waals surface area contributed by atoms with Crippen LogP contribution >= 0.6 is 34.5 Å². The summed E-state index contributed by atoms with van der Waals surface area (Å²) in [6.45, 7) is 1.96. The number of anilines is 1. The zero-order valence-corrected chi connectivity index (χ0v) is 16.2. The van der Waals surface area contributed by atoms with Crippen LogP contribution in [0.1, 0.15) is 19.3 Å². The van der Waals surface area contributed by atoms with Gasteiger partial charge in [0.25, 0.3) is 5.19 Å². The first-order valence-electron chi connectivity index (χ1n) is 7.40. The summed E-state index contributed by atoms with van der Waals surface area (Å²) in [4.78, 5) is 22.5. The van der Waals surface area contributed by atoms with Crippen molar-refractivity contribution in [2.24, 2.45) is 0 Å². The molecular weight excluding hydrogens is 395 g/mol. The highest BCUT2D eigenvalue weighted by Crippen LogP contribution is 2.21. The van der Waals surface area contributed by atoms with E-state index in [0.717, 1.165) is 12.8 Å². The Morgan fingerprint density at radius 1 is 1.32 bits per heavy atom. The Kier molecular flexibility index (Phi) is 10.7. The van der Waals surface area contributed by atoms with Crippen molar-refractivity contribution >= 4 is 50.4 Å². The van der Waals surface area contributed by atoms with Crippen LogP contribution in [0.15, 0.2) is 0 Å². The molecular formula is C13H20Cl2N4O5S. The number of carbonyl (C=O) groups excluding carboxylic acids is 2. The SMILES string of the molecule is COc1nnc(NC(=O)N(C)CCC2OCCCCO2)s1.O=C(Cl)Cl. The summed E-state index contributed by atoms with van der Waals surface area (Å²) in [6.07, 6.45) is 2.45. The van der Waals surface area contributed by atoms with Crippen molar-refractivity contribution in [3.8, 4) is 5.19 Å². The van der Waals surface area contributed by atoms with Crippen LogP contribution in [-0.2, 0) is 9.47 Å². The van der Waals surface area contributed by atoms with Gasteiger partial charge in [-0.05, 0) is 47.4 Å². The van der Waals surface area contributed by atoms with Gasteiger partial charge in [0.2, 0.25) is 5.13 Å². The lowest BCUT2D eigenvalue weighted by Crippen LogP contribution is -2.34. The summed E-state index contributed by atoms with van der Waals surface area (Å²) < 4.78 is 15.1. The van der Waals surface area contributed by atoms with E-state index in [1.165, 1.54) is 18.4 Å². The second kappa shape index (κ2) is 12.2. The smallest absolute Gasteiger partial charge is 0.323 e. The molecule has 142 valence electrons. The first-order chi connectivity index (χ1) is 11.9. The quantitative estimate of drug-likeness (QED) is 0.737. The number of hydrogen-bond donors (Lipinski definition) is 1. The van der Waals surface area contributed by atoms with Crippen molar-refractivity contribution in [1.82, 2.24) is 15.1 Å². The van der Waals surface area contributed by atoms with E-state index in [2.05, 4.69) is 38.7 Å². The van der Waals surface area contributed by atoms with E-state index in [0.29, 0.717) is 36.5 Å². The normalized spacial score (nSPS) is 14.7. The predicted molar refractivity (Wildman–Crippen MR) is 94.8 cm³/mol. The molecule has 2 amide bonds. The number of rotatable bonds is 5. The van der Waals surface area contributed by atoms with Crippen molar-refractivity contribution in [3.63, 3.8) is 0 Å². The fourth-order valence-corrected chi connectivity index (χ4v) is 2.33. The van der Waals surface area contributed by atoms with Crippen molar-refractivity contribution in [2.45, 2.75) is 25.6 Å². The molecule has 2 heterocycles. The molecule has 1 fully saturated rings. The van der Waals surface area contributed by atoms with Gasteiger partial charge in [-0.1, -0.05) is 5.10 Å². The highest BCUT2D eigenvalue weighted by atomic mass is 35.5. The Labute approximate surface area is 159 Å². The molecule has 0 radical (unpaired) electrons. The van der Waals surface area contributed by atoms with E-state index < -0.39 is 4.70 Å². The molecule has 1 aromatic heterocycles. The number of urea groups is 1. The Bertz CT molecular complexity index is 536. The monoisotopic (exact) mass is 414 g/mol. The first-order valence-corrected chi connectivity index (χ1v) is 8.97. The van der Waals surface area contributed by atoms with Gasteiger partial charge in [-0.2, -0.15) is 0 Å². The van der Waals surface area contributed by atoms with Crippen molar-refractivity contribution in [1.29, 1.82) is 0 Å². The molecule has 0 saturated carbocycles. The van der Waals surface area contributed by atoms with Crippen molar-refractivity contribution in [2.75, 3.05) is 39.2 Å². The topological polar surface area (TPSA) is 103 Å². The van der Waals surface area contributed by atoms with Crippen LogP contribution in [0, 0.1) is 0 Å². The van der Waals surface area contributed by atoms with E-state index in [9.17, 15) is 4.79 Å². The zero-order chi connectivity index (χ0) is 18.7. The van der Waals surface area contributed by atoms with Crippen LogP contribution in [0.4, 0.5) is 14.7 Å². The number of ether oxygens (including phenoxy) is 3. The molecule has 1 aliphatic heterocycles. The maximum Gasteiger partial charge on any atom is 0.323 e. The van der Waals surface area contributed by atoms with Gasteiger partial charge in [-0.15, -0.1) is 5.10 Å². The van der Waals surface area contributed by atoms with Gasteiger partial charge in [0.05, 0.1) is 7.11 Å². The molecule has 2 rings (SSSR count). The molecule has 0 unspecified atom stereocenters. The minimum absolute atomic E-state index is 0.232. The molecule has 0 aliphatic carbocycles. The zero-order valence-electron chi connectivity index (χ0n) is 13.9. The minimum atomic E-state index is -0.889. The molecule has 0 atom stereocenters. The average Bonchev–Trinajstić information content (AvgIpc) is 2.85. The highest BCUT2D eigenvalue weighted by Gasteiger charge is 2.17. The third-order valence-corrected chi connectivity index (χ3v) is 3.79. The second-order valence-corrected chi connectivity index (χ2v) is 6.64. The maximum atomic E-state index is 12.0. The number of nitrogens with zero attached hydrogens (tertiary/aromatic N) is 3. The van der Waals surface area contributed by atoms with E-state index in [-0.39, 0.29) is 12.3 Å². The Balaban J connectivity index is 0.000000705. The molecule has 0 bridgehead atoms. The molecule has 12 heteroatoms. The molecule has 25 heavy (non-hydrogen) atoms. The van der Waals surface area contributed by atoms with Gasteiger partial charge < -0.3 is 19.1 Å². The number of amides is 2. The maximum absolute atomic E-state index is 12.0. The molecule has 1 N–H and O–H groups in total. The fraction of sp³-hybridized carbons (Fsp3) is 0.692. The van der Waals surface area contributed by atoms with Crippen LogP contribution in [0.5, 0.6) is 5.19 Å². The Morgan fingerprint density at radius 3 is 2.44 bits per heavy atom. The summed E-state index contributed by atoms with van der Waals surface area (Å²) in [5.74, 6) is 0. The molecule has 1 aromatic rings. The van der Waals surface area contributed by atoms with Crippen molar-refractivity contribution in [3.05, 3.63) is 0 Å². The van der Waals surface area contributed by atoms with Gasteiger partial charge in [0.1, 0.15) is 0 Å². The third-order valence-electron chi connectivity index (χ3n) is 2.99. The Hall–Kier alpha value is -1.20. The first kappa shape index (κ1) is 21.8. The lowest BCUT2D eigenvalue weighted by atomic mass is 10.3. The van der Waals surface area contributed by atoms with Crippen LogP contribution < -0.4 is 10.1 Å². The van der Waals surface area contributed by atoms with E-state index in [1.54, 1.807) is 11.9 Å². The summed E-state index contributed by atoms with van der Waals surface area (Å²) in [7, 11) is 3.22. The van der Waals surface area contributed by atoms with Crippen LogP contribution in [0.2, 0.25) is 0 Å². The number of aromatic nitrogens is 2. The summed E-state index contributed by atoms with van der Waals surface area (Å²) in [5, 5.41) is 11.0. The Morgan fingerprint density at radius 2 is 1.92 bits per heavy atom. The summed E-state index contributed by atoms with van der Waals surface area (Å²) in [5.41, 5.74) is 0. The number of hydrogen-bond acceptors (Lipinski definition) is 8. The number of carbonyl (C=O) groups is 2. The van der Waals surface area contributed by atoms with Crippen LogP contribution in [0.25, 0.3) is 0 Å². The van der Waals surface area contributed by atoms with Gasteiger partial charge in [-0.25, -0.2) is 4.79 Å². The van der Waals surface area contributed by atoms with E-state index in [1.807, 2.05) is 0 Å². The molecule has 9 nitrogen and oxygen atoms in total. The third kappa shape index (κ3) is 9.75. The lowest BCUT2D eigenvalue weighted by molar-refractivity contribution is -0.130. The lowest BCUT2D eigenvalue weighted by Gasteiger charge is -2.20. The summed E-state index contributed by atoms with van der Waals surface area (Å²) in [6, 6.07) is -0.248. The number of halogens is 2. The molecule has 1 aliphatic rings. The average molecular weight is 415 g/mol. The highest BCUT2D eigenvalue weighted by molar-refractivity contribution is 7.17. The van der Waals surface area contributed by atoms with Gasteiger partial charge in [0, 0.05) is 33.2 Å². The second-order valence-electron chi connectivity index (χ2n) is 4.82. The number of nitrogens with one attached hydrogen (secondary N) is 1. The van der Waals surface area contributed by atoms with E-state index in [4.69, 9.17) is 19.0 Å². The van der Waals surface area contributed by atoms with Gasteiger partial charge >= 0.3 is 10.7 Å². The standard InChI is InChI=1S/C12H20N4O4S.CCl2O/c1-16(6-5-9-19-7-3-4-8-20-9)11(17)13-10-14-15-12(18-2)21-10;2-1(3)4/h9H,3-8H2,1-2H3,(H,13,14,17);. The number of methoxy groups -OCH3 is 1. The summed E-state index contributed by atoms with van der Waals surface area (Å²) >= 11 is 9.98. The molecule has 0 aromatic carbocycles. The minimum Gasteiger partial charge on any atom is -0.472 e. The van der Waals surface area contributed by atoms with Gasteiger partial charge in [-0.3, -0.25) is 10.1 Å². The largest absolute Gasteiger partial charge is 0.472 e. The van der Waals surface area contributed by atoms with Crippen LogP contribution in [0.3, 0.4) is 0 Å².